The molecule has 0 bridgehead atoms. The number of hydrogen-bond donors (Lipinski definition) is 2. The van der Waals surface area contributed by atoms with Gasteiger partial charge in [0.1, 0.15) is 11.2 Å². The molecule has 12 heteroatoms. The van der Waals surface area contributed by atoms with E-state index in [1.54, 1.807) is 56.7 Å². The smallest absolute Gasteiger partial charge is 0.413 e. The highest BCUT2D eigenvalue weighted by Crippen LogP contribution is 2.25. The van der Waals surface area contributed by atoms with Gasteiger partial charge in [-0.1, -0.05) is 23.7 Å². The van der Waals surface area contributed by atoms with Gasteiger partial charge in [-0.3, -0.25) is 14.9 Å². The predicted octanol–water partition coefficient (Wildman–Crippen LogP) is 4.10. The maximum absolute atomic E-state index is 13.7. The van der Waals surface area contributed by atoms with Crippen molar-refractivity contribution in [2.75, 3.05) is 26.0 Å². The molecule has 1 aromatic carbocycles. The monoisotopic (exact) mass is 553 g/mol. The fourth-order valence-electron chi connectivity index (χ4n) is 4.19. The Balaban J connectivity index is 1.73. The molecule has 0 aliphatic heterocycles. The van der Waals surface area contributed by atoms with Crippen LogP contribution in [0.15, 0.2) is 47.5 Å². The zero-order valence-electron chi connectivity index (χ0n) is 22.8. The van der Waals surface area contributed by atoms with E-state index in [1.807, 2.05) is 31.1 Å². The van der Waals surface area contributed by atoms with E-state index in [-0.39, 0.29) is 22.6 Å². The fourth-order valence-corrected chi connectivity index (χ4v) is 4.45. The molecule has 0 saturated carbocycles. The number of amides is 2. The lowest BCUT2D eigenvalue weighted by atomic mass is 10.1. The number of anilines is 1. The van der Waals surface area contributed by atoms with Crippen LogP contribution in [0, 0.1) is 0 Å². The van der Waals surface area contributed by atoms with Gasteiger partial charge in [-0.25, -0.2) is 14.3 Å². The maximum atomic E-state index is 13.7. The Labute approximate surface area is 230 Å². The molecule has 3 aromatic heterocycles. The van der Waals surface area contributed by atoms with Crippen molar-refractivity contribution in [2.24, 2.45) is 0 Å². The van der Waals surface area contributed by atoms with E-state index in [0.29, 0.717) is 34.6 Å². The highest BCUT2D eigenvalue weighted by atomic mass is 35.5. The third-order valence-electron chi connectivity index (χ3n) is 5.92. The molecular formula is C27H32ClN7O4. The number of pyridine rings is 1. The number of fused-ring (bicyclic) bond motifs is 2. The fraction of sp³-hybridized carbons (Fsp3) is 0.370. The normalized spacial score (nSPS) is 12.6. The minimum absolute atomic E-state index is 0.00272. The zero-order valence-corrected chi connectivity index (χ0v) is 23.5. The van der Waals surface area contributed by atoms with Crippen LogP contribution < -0.4 is 16.2 Å². The molecule has 1 atom stereocenters. The average Bonchev–Trinajstić information content (AvgIpc) is 3.19. The number of carbonyl (C=O) groups is 2. The molecule has 0 radical (unpaired) electrons. The summed E-state index contributed by atoms with van der Waals surface area (Å²) in [6.45, 7) is 7.99. The summed E-state index contributed by atoms with van der Waals surface area (Å²) < 4.78 is 8.38. The average molecular weight is 554 g/mol. The van der Waals surface area contributed by atoms with E-state index in [4.69, 9.17) is 16.3 Å². The Hall–Kier alpha value is -3.96. The van der Waals surface area contributed by atoms with Gasteiger partial charge >= 0.3 is 6.09 Å². The standard InChI is InChI=1S/C27H32ClN7O4/c1-16(19-15-17-9-7-10-18(28)20(17)25(37)34(19)14-13-33(5)6)30-24(36)21-22(31-26(38)39-27(2,3)4)32-35-12-8-11-29-23(21)35/h7-12,15-16H,13-14H2,1-6H3,(H,30,36)(H,31,32,38). The molecule has 3 heterocycles. The van der Waals surface area contributed by atoms with E-state index < -0.39 is 23.6 Å². The van der Waals surface area contributed by atoms with Gasteiger partial charge in [-0.2, -0.15) is 0 Å². The van der Waals surface area contributed by atoms with Crippen molar-refractivity contribution in [3.05, 3.63) is 69.4 Å². The van der Waals surface area contributed by atoms with Crippen LogP contribution >= 0.6 is 11.6 Å². The zero-order chi connectivity index (χ0) is 28.5. The molecule has 206 valence electrons. The van der Waals surface area contributed by atoms with Crippen LogP contribution in [0.2, 0.25) is 5.02 Å². The first kappa shape index (κ1) is 28.1. The number of ether oxygens (including phenoxy) is 1. The van der Waals surface area contributed by atoms with Crippen LogP contribution in [-0.4, -0.2) is 62.3 Å². The lowest BCUT2D eigenvalue weighted by Gasteiger charge is -2.22. The molecule has 0 saturated heterocycles. The summed E-state index contributed by atoms with van der Waals surface area (Å²) in [6, 6.07) is 8.20. The van der Waals surface area contributed by atoms with Crippen molar-refractivity contribution in [1.29, 1.82) is 0 Å². The number of carbonyl (C=O) groups excluding carboxylic acids is 2. The van der Waals surface area contributed by atoms with Gasteiger partial charge in [0.15, 0.2) is 11.5 Å². The summed E-state index contributed by atoms with van der Waals surface area (Å²) in [4.78, 5) is 45.9. The van der Waals surface area contributed by atoms with Crippen molar-refractivity contribution >= 4 is 45.8 Å². The van der Waals surface area contributed by atoms with Crippen LogP contribution in [0.3, 0.4) is 0 Å². The van der Waals surface area contributed by atoms with Gasteiger partial charge in [0, 0.05) is 31.2 Å². The highest BCUT2D eigenvalue weighted by molar-refractivity contribution is 6.35. The first-order valence-corrected chi connectivity index (χ1v) is 12.8. The first-order chi connectivity index (χ1) is 18.4. The largest absolute Gasteiger partial charge is 0.444 e. The molecule has 0 aliphatic carbocycles. The van der Waals surface area contributed by atoms with Gasteiger partial charge < -0.3 is 19.5 Å². The number of likely N-dealkylation sites (N-methyl/N-ethyl adjacent to an activating group) is 1. The minimum Gasteiger partial charge on any atom is -0.444 e. The second kappa shape index (κ2) is 11.0. The lowest BCUT2D eigenvalue weighted by Crippen LogP contribution is -2.35. The molecule has 1 unspecified atom stereocenters. The number of benzene rings is 1. The van der Waals surface area contributed by atoms with Crippen molar-refractivity contribution in [2.45, 2.75) is 45.9 Å². The minimum atomic E-state index is -0.753. The quantitative estimate of drug-likeness (QED) is 0.353. The SMILES string of the molecule is CC(NC(=O)c1c(NC(=O)OC(C)(C)C)nn2cccnc12)c1cc2cccc(Cl)c2c(=O)n1CCN(C)C. The van der Waals surface area contributed by atoms with Crippen molar-refractivity contribution in [3.63, 3.8) is 0 Å². The maximum Gasteiger partial charge on any atom is 0.413 e. The van der Waals surface area contributed by atoms with Gasteiger partial charge in [-0.15, -0.1) is 5.10 Å². The van der Waals surface area contributed by atoms with Gasteiger partial charge in [0.05, 0.1) is 16.5 Å². The van der Waals surface area contributed by atoms with Gasteiger partial charge in [-0.05, 0) is 65.4 Å². The number of nitrogens with zero attached hydrogens (tertiary/aromatic N) is 5. The van der Waals surface area contributed by atoms with Crippen molar-refractivity contribution in [3.8, 4) is 0 Å². The Morgan fingerprint density at radius 1 is 1.21 bits per heavy atom. The van der Waals surface area contributed by atoms with Crippen molar-refractivity contribution in [1.82, 2.24) is 29.4 Å². The molecular weight excluding hydrogens is 522 g/mol. The van der Waals surface area contributed by atoms with Crippen LogP contribution in [0.5, 0.6) is 0 Å². The molecule has 11 nitrogen and oxygen atoms in total. The number of hydrogen-bond acceptors (Lipinski definition) is 7. The Bertz CT molecular complexity index is 1600. The Kier molecular flexibility index (Phi) is 7.94. The summed E-state index contributed by atoms with van der Waals surface area (Å²) in [5.41, 5.74) is -0.0481. The van der Waals surface area contributed by atoms with Crippen molar-refractivity contribution < 1.29 is 14.3 Å². The topological polar surface area (TPSA) is 123 Å². The van der Waals surface area contributed by atoms with Crippen LogP contribution in [-0.2, 0) is 11.3 Å². The number of nitrogens with one attached hydrogen (secondary N) is 2. The highest BCUT2D eigenvalue weighted by Gasteiger charge is 2.27. The number of rotatable bonds is 7. The molecule has 0 spiro atoms. The Morgan fingerprint density at radius 2 is 1.95 bits per heavy atom. The molecule has 0 aliphatic rings. The predicted molar refractivity (Wildman–Crippen MR) is 150 cm³/mol. The summed E-state index contributed by atoms with van der Waals surface area (Å²) in [7, 11) is 3.84. The molecule has 4 rings (SSSR count). The Morgan fingerprint density at radius 3 is 2.64 bits per heavy atom. The molecule has 2 N–H and O–H groups in total. The molecule has 0 fully saturated rings. The summed E-state index contributed by atoms with van der Waals surface area (Å²) in [6.07, 6.45) is 2.40. The van der Waals surface area contributed by atoms with E-state index in [9.17, 15) is 14.4 Å². The molecule has 2 amide bonds. The molecule has 4 aromatic rings. The third-order valence-corrected chi connectivity index (χ3v) is 6.24. The van der Waals surface area contributed by atoms with Gasteiger partial charge in [0.25, 0.3) is 11.5 Å². The van der Waals surface area contributed by atoms with Gasteiger partial charge in [0.2, 0.25) is 0 Å². The van der Waals surface area contributed by atoms with Crippen LogP contribution in [0.4, 0.5) is 10.6 Å². The second-order valence-electron chi connectivity index (χ2n) is 10.5. The number of halogens is 1. The summed E-state index contributed by atoms with van der Waals surface area (Å²) in [5.74, 6) is -0.525. The third kappa shape index (κ3) is 6.21. The number of aromatic nitrogens is 4. The first-order valence-electron chi connectivity index (χ1n) is 12.5. The lowest BCUT2D eigenvalue weighted by molar-refractivity contribution is 0.0635. The van der Waals surface area contributed by atoms with E-state index in [1.165, 1.54) is 10.7 Å². The van der Waals surface area contributed by atoms with E-state index in [0.717, 1.165) is 0 Å². The summed E-state index contributed by atoms with van der Waals surface area (Å²) in [5, 5.41) is 11.3. The van der Waals surface area contributed by atoms with E-state index in [2.05, 4.69) is 20.7 Å². The second-order valence-corrected chi connectivity index (χ2v) is 10.9. The van der Waals surface area contributed by atoms with E-state index >= 15 is 0 Å². The van der Waals surface area contributed by atoms with Crippen LogP contribution in [0.1, 0.15) is 49.8 Å². The summed E-state index contributed by atoms with van der Waals surface area (Å²) >= 11 is 6.38. The van der Waals surface area contributed by atoms with Crippen LogP contribution in [0.25, 0.3) is 16.4 Å². The molecule has 39 heavy (non-hydrogen) atoms.